The summed E-state index contributed by atoms with van der Waals surface area (Å²) in [7, 11) is 0. The van der Waals surface area contributed by atoms with E-state index in [1.165, 1.54) is 38.5 Å². The zero-order valence-corrected chi connectivity index (χ0v) is 10.6. The van der Waals surface area contributed by atoms with Crippen molar-refractivity contribution in [2.75, 3.05) is 0 Å². The van der Waals surface area contributed by atoms with Gasteiger partial charge < -0.3 is 5.11 Å². The molecule has 13 heavy (non-hydrogen) atoms. The van der Waals surface area contributed by atoms with Gasteiger partial charge in [-0.15, -0.1) is 0 Å². The van der Waals surface area contributed by atoms with E-state index in [0.29, 0.717) is 6.42 Å². The van der Waals surface area contributed by atoms with Crippen LogP contribution in [0.4, 0.5) is 0 Å². The third kappa shape index (κ3) is 15.0. The minimum absolute atomic E-state index is 0. The molecule has 0 radical (unpaired) electrons. The summed E-state index contributed by atoms with van der Waals surface area (Å²) >= 11 is 0. The smallest absolute Gasteiger partial charge is 0.303 e. The first-order chi connectivity index (χ1) is 5.77. The summed E-state index contributed by atoms with van der Waals surface area (Å²) in [6, 6.07) is 0. The van der Waals surface area contributed by atoms with Crippen LogP contribution >= 0.6 is 0 Å². The quantitative estimate of drug-likeness (QED) is 0.814. The molecule has 82 valence electrons. The molecule has 0 aromatic heterocycles. The van der Waals surface area contributed by atoms with E-state index in [-0.39, 0.29) is 21.1 Å². The first kappa shape index (κ1) is 15.6. The van der Waals surface area contributed by atoms with Gasteiger partial charge in [0, 0.05) is 27.5 Å². The maximum absolute atomic E-state index is 9.60. The van der Waals surface area contributed by atoms with Crippen molar-refractivity contribution in [3.63, 3.8) is 0 Å². The predicted molar refractivity (Wildman–Crippen MR) is 50.2 cm³/mol. The van der Waals surface area contributed by atoms with Crippen LogP contribution in [-0.2, 0) is 25.9 Å². The Bertz CT molecular complexity index is 100.0. The topological polar surface area (TPSA) is 37.3 Å². The minimum Gasteiger partial charge on any atom is -0.481 e. The molecule has 0 amide bonds. The van der Waals surface area contributed by atoms with Gasteiger partial charge in [0.05, 0.1) is 0 Å². The van der Waals surface area contributed by atoms with Crippen molar-refractivity contribution in [2.45, 2.75) is 58.3 Å². The molecule has 0 atom stereocenters. The predicted octanol–water partition coefficient (Wildman–Crippen LogP) is 3.21. The van der Waals surface area contributed by atoms with E-state index >= 15 is 0 Å². The van der Waals surface area contributed by atoms with Crippen LogP contribution in [0.5, 0.6) is 0 Å². The molecule has 3 heteroatoms. The maximum Gasteiger partial charge on any atom is 0.303 e. The Hall–Kier alpha value is 0.158. The number of aliphatic carboxylic acids is 1. The molecule has 1 saturated carbocycles. The van der Waals surface area contributed by atoms with Gasteiger partial charge in [-0.05, 0) is 6.42 Å². The van der Waals surface area contributed by atoms with Gasteiger partial charge in [-0.2, -0.15) is 0 Å². The summed E-state index contributed by atoms with van der Waals surface area (Å²) in [5, 5.41) is 7.91. The molecule has 1 fully saturated rings. The Balaban J connectivity index is 0. The van der Waals surface area contributed by atoms with Crippen molar-refractivity contribution in [1.82, 2.24) is 0 Å². The average Bonchev–Trinajstić information content (AvgIpc) is 2.08. The van der Waals surface area contributed by atoms with Gasteiger partial charge in [-0.1, -0.05) is 45.4 Å². The molecule has 0 unspecified atom stereocenters. The largest absolute Gasteiger partial charge is 0.481 e. The molecule has 2 nitrogen and oxygen atoms in total. The zero-order valence-electron chi connectivity index (χ0n) is 8.33. The minimum atomic E-state index is -0.711. The number of carboxylic acids is 1. The van der Waals surface area contributed by atoms with Crippen LogP contribution in [0.25, 0.3) is 0 Å². The van der Waals surface area contributed by atoms with Crippen LogP contribution in [0.15, 0.2) is 0 Å². The second kappa shape index (κ2) is 12.2. The molecular weight excluding hydrogens is 347 g/mol. The summed E-state index contributed by atoms with van der Waals surface area (Å²) in [5.74, 6) is -0.711. The van der Waals surface area contributed by atoms with Crippen molar-refractivity contribution in [1.29, 1.82) is 0 Å². The third-order valence-corrected chi connectivity index (χ3v) is 1.96. The van der Waals surface area contributed by atoms with Crippen molar-refractivity contribution in [3.8, 4) is 0 Å². The fourth-order valence-electron chi connectivity index (χ4n) is 1.27. The molecule has 0 aromatic rings. The van der Waals surface area contributed by atoms with Gasteiger partial charge in [0.25, 0.3) is 0 Å². The average molecular weight is 367 g/mol. The van der Waals surface area contributed by atoms with Gasteiger partial charge in [-0.25, -0.2) is 0 Å². The zero-order chi connectivity index (χ0) is 9.23. The van der Waals surface area contributed by atoms with Crippen molar-refractivity contribution >= 4 is 5.97 Å². The molecule has 0 aromatic carbocycles. The Morgan fingerprint density at radius 1 is 1.08 bits per heavy atom. The molecule has 0 spiro atoms. The molecule has 1 aliphatic carbocycles. The summed E-state index contributed by atoms with van der Waals surface area (Å²) < 4.78 is 0. The number of carboxylic acid groups (broad SMARTS) is 1. The maximum atomic E-state index is 9.60. The SMILES string of the molecule is C1CCCCC1.CCCC(=O)O.[Pt]. The Morgan fingerprint density at radius 2 is 1.38 bits per heavy atom. The van der Waals surface area contributed by atoms with Gasteiger partial charge in [0.15, 0.2) is 0 Å². The normalized spacial score (nSPS) is 14.8. The summed E-state index contributed by atoms with van der Waals surface area (Å²) in [6.45, 7) is 1.84. The van der Waals surface area contributed by atoms with Crippen molar-refractivity contribution in [2.24, 2.45) is 0 Å². The Labute approximate surface area is 95.4 Å². The van der Waals surface area contributed by atoms with E-state index in [1.807, 2.05) is 6.92 Å². The Kier molecular flexibility index (Phi) is 14.6. The molecule has 0 heterocycles. The van der Waals surface area contributed by atoms with Gasteiger partial charge >= 0.3 is 5.97 Å². The van der Waals surface area contributed by atoms with Crippen LogP contribution in [0.2, 0.25) is 0 Å². The number of rotatable bonds is 2. The third-order valence-electron chi connectivity index (χ3n) is 1.96. The number of hydrogen-bond donors (Lipinski definition) is 1. The summed E-state index contributed by atoms with van der Waals surface area (Å²) in [6.07, 6.45) is 10.0. The molecule has 0 aliphatic heterocycles. The van der Waals surface area contributed by atoms with Crippen LogP contribution < -0.4 is 0 Å². The van der Waals surface area contributed by atoms with E-state index in [4.69, 9.17) is 5.11 Å². The van der Waals surface area contributed by atoms with Crippen LogP contribution in [0.1, 0.15) is 58.3 Å². The van der Waals surface area contributed by atoms with E-state index in [1.54, 1.807) is 0 Å². The molecule has 1 N–H and O–H groups in total. The van der Waals surface area contributed by atoms with Gasteiger partial charge in [0.1, 0.15) is 0 Å². The molecule has 0 bridgehead atoms. The standard InChI is InChI=1S/C6H12.C4H8O2.Pt/c1-2-4-6-5-3-1;1-2-3-4(5)6;/h1-6H2;2-3H2,1H3,(H,5,6);. The van der Waals surface area contributed by atoms with Crippen molar-refractivity contribution in [3.05, 3.63) is 0 Å². The molecule has 1 rings (SSSR count). The number of hydrogen-bond acceptors (Lipinski definition) is 1. The van der Waals surface area contributed by atoms with Crippen LogP contribution in [0, 0.1) is 0 Å². The second-order valence-corrected chi connectivity index (χ2v) is 3.27. The van der Waals surface area contributed by atoms with E-state index < -0.39 is 5.97 Å². The van der Waals surface area contributed by atoms with E-state index in [9.17, 15) is 4.79 Å². The van der Waals surface area contributed by atoms with Crippen molar-refractivity contribution < 1.29 is 31.0 Å². The van der Waals surface area contributed by atoms with Gasteiger partial charge in [0.2, 0.25) is 0 Å². The summed E-state index contributed by atoms with van der Waals surface area (Å²) in [4.78, 5) is 9.60. The first-order valence-electron chi connectivity index (χ1n) is 4.99. The second-order valence-electron chi connectivity index (χ2n) is 3.27. The monoisotopic (exact) mass is 367 g/mol. The molecule has 0 saturated heterocycles. The summed E-state index contributed by atoms with van der Waals surface area (Å²) in [5.41, 5.74) is 0. The van der Waals surface area contributed by atoms with Gasteiger partial charge in [-0.3, -0.25) is 4.79 Å². The van der Waals surface area contributed by atoms with E-state index in [2.05, 4.69) is 0 Å². The fourth-order valence-corrected chi connectivity index (χ4v) is 1.27. The van der Waals surface area contributed by atoms with Crippen LogP contribution in [-0.4, -0.2) is 11.1 Å². The van der Waals surface area contributed by atoms with E-state index in [0.717, 1.165) is 6.42 Å². The Morgan fingerprint density at radius 3 is 1.46 bits per heavy atom. The molecular formula is C10H20O2Pt. The number of carbonyl (C=O) groups is 1. The van der Waals surface area contributed by atoms with Crippen LogP contribution in [0.3, 0.4) is 0 Å². The first-order valence-corrected chi connectivity index (χ1v) is 4.99. The fraction of sp³-hybridized carbons (Fsp3) is 0.900. The molecule has 1 aliphatic rings.